The summed E-state index contributed by atoms with van der Waals surface area (Å²) in [4.78, 5) is 7.91. The summed E-state index contributed by atoms with van der Waals surface area (Å²) in [5.74, 6) is 0.812. The molecule has 0 spiro atoms. The molecule has 0 amide bonds. The topological polar surface area (TPSA) is 54.7 Å². The zero-order chi connectivity index (χ0) is 18.4. The van der Waals surface area contributed by atoms with Crippen molar-refractivity contribution >= 4 is 29.6 Å². The molecular weight excluding hydrogens is 377 g/mol. The van der Waals surface area contributed by atoms with Crippen molar-refractivity contribution in [2.45, 2.75) is 11.2 Å². The Kier molecular flexibility index (Phi) is 6.55. The number of thioether (sulfide) groups is 1. The molecular formula is C16H14ClF3N2O2S. The fourth-order valence-electron chi connectivity index (χ4n) is 1.85. The third-order valence-electron chi connectivity index (χ3n) is 3.07. The molecule has 1 aromatic carbocycles. The van der Waals surface area contributed by atoms with Crippen LogP contribution in [0.5, 0.6) is 11.5 Å². The predicted molar refractivity (Wildman–Crippen MR) is 92.1 cm³/mol. The Hall–Kier alpha value is -1.93. The van der Waals surface area contributed by atoms with Gasteiger partial charge < -0.3 is 9.84 Å². The Bertz CT molecular complexity index is 770. The number of rotatable bonds is 6. The van der Waals surface area contributed by atoms with Crippen molar-refractivity contribution in [2.24, 2.45) is 4.99 Å². The highest BCUT2D eigenvalue weighted by molar-refractivity contribution is 7.99. The number of para-hydroxylation sites is 1. The highest BCUT2D eigenvalue weighted by atomic mass is 35.5. The molecule has 0 atom stereocenters. The van der Waals surface area contributed by atoms with E-state index < -0.39 is 11.7 Å². The minimum atomic E-state index is -4.47. The largest absolute Gasteiger partial charge is 0.504 e. The van der Waals surface area contributed by atoms with E-state index in [9.17, 15) is 18.3 Å². The van der Waals surface area contributed by atoms with Crippen LogP contribution in [0.3, 0.4) is 0 Å². The van der Waals surface area contributed by atoms with Crippen molar-refractivity contribution in [2.75, 3.05) is 19.4 Å². The lowest BCUT2D eigenvalue weighted by molar-refractivity contribution is -0.137. The number of aliphatic imine (C=N–C) groups is 1. The molecule has 0 radical (unpaired) electrons. The summed E-state index contributed by atoms with van der Waals surface area (Å²) in [5, 5.41) is 10.2. The van der Waals surface area contributed by atoms with E-state index in [4.69, 9.17) is 16.3 Å². The fraction of sp³-hybridized carbons (Fsp3) is 0.250. The molecule has 0 fully saturated rings. The Balaban J connectivity index is 1.91. The van der Waals surface area contributed by atoms with Crippen molar-refractivity contribution in [1.29, 1.82) is 0 Å². The van der Waals surface area contributed by atoms with Crippen LogP contribution in [0, 0.1) is 0 Å². The molecule has 0 aliphatic rings. The van der Waals surface area contributed by atoms with Gasteiger partial charge in [0, 0.05) is 30.3 Å². The van der Waals surface area contributed by atoms with Crippen LogP contribution < -0.4 is 4.74 Å². The molecule has 4 nitrogen and oxygen atoms in total. The molecule has 25 heavy (non-hydrogen) atoms. The average Bonchev–Trinajstić information content (AvgIpc) is 2.56. The molecule has 2 aromatic rings. The van der Waals surface area contributed by atoms with Gasteiger partial charge in [0.2, 0.25) is 0 Å². The summed E-state index contributed by atoms with van der Waals surface area (Å²) in [6.45, 7) is 0.375. The molecule has 0 aliphatic carbocycles. The van der Waals surface area contributed by atoms with E-state index in [1.807, 2.05) is 0 Å². The highest BCUT2D eigenvalue weighted by Gasteiger charge is 2.31. The minimum Gasteiger partial charge on any atom is -0.504 e. The molecule has 0 unspecified atom stereocenters. The molecule has 0 saturated carbocycles. The van der Waals surface area contributed by atoms with Gasteiger partial charge in [0.25, 0.3) is 0 Å². The monoisotopic (exact) mass is 390 g/mol. The number of aromatic hydroxyl groups is 1. The summed E-state index contributed by atoms with van der Waals surface area (Å²) in [6.07, 6.45) is -2.21. The molecule has 1 heterocycles. The lowest BCUT2D eigenvalue weighted by Gasteiger charge is -2.08. The first kappa shape index (κ1) is 19.4. The second kappa shape index (κ2) is 8.44. The van der Waals surface area contributed by atoms with Gasteiger partial charge in [-0.3, -0.25) is 4.99 Å². The maximum Gasteiger partial charge on any atom is 0.417 e. The third kappa shape index (κ3) is 5.27. The summed E-state index contributed by atoms with van der Waals surface area (Å²) in [6, 6.07) is 5.89. The Morgan fingerprint density at radius 3 is 2.80 bits per heavy atom. The van der Waals surface area contributed by atoms with Crippen molar-refractivity contribution in [3.63, 3.8) is 0 Å². The summed E-state index contributed by atoms with van der Waals surface area (Å²) in [7, 11) is 1.45. The van der Waals surface area contributed by atoms with Crippen molar-refractivity contribution in [3.8, 4) is 11.5 Å². The number of ether oxygens (including phenoxy) is 1. The van der Waals surface area contributed by atoms with Gasteiger partial charge in [0.05, 0.1) is 17.7 Å². The van der Waals surface area contributed by atoms with Gasteiger partial charge in [-0.1, -0.05) is 17.7 Å². The van der Waals surface area contributed by atoms with Crippen molar-refractivity contribution in [1.82, 2.24) is 4.98 Å². The van der Waals surface area contributed by atoms with Gasteiger partial charge in [0.15, 0.2) is 11.5 Å². The van der Waals surface area contributed by atoms with Gasteiger partial charge in [-0.25, -0.2) is 4.98 Å². The second-order valence-electron chi connectivity index (χ2n) is 4.79. The molecule has 9 heteroatoms. The number of halogens is 4. The standard InChI is InChI=1S/C16H14ClF3N2O2S/c1-24-13-4-2-3-10(14(13)23)8-21-5-6-25-15-12(17)7-11(9-22-15)16(18,19)20/h2-4,7-9,23H,5-6H2,1H3. The Morgan fingerprint density at radius 1 is 1.40 bits per heavy atom. The fourth-order valence-corrected chi connectivity index (χ4v) is 2.90. The van der Waals surface area contributed by atoms with E-state index in [1.165, 1.54) is 25.1 Å². The molecule has 0 bridgehead atoms. The first-order chi connectivity index (χ1) is 11.8. The van der Waals surface area contributed by atoms with Crippen LogP contribution in [-0.2, 0) is 6.18 Å². The van der Waals surface area contributed by atoms with Crippen LogP contribution in [0.4, 0.5) is 13.2 Å². The number of nitrogens with zero attached hydrogens (tertiary/aromatic N) is 2. The van der Waals surface area contributed by atoms with Gasteiger partial charge in [0.1, 0.15) is 5.03 Å². The first-order valence-corrected chi connectivity index (χ1v) is 8.40. The maximum atomic E-state index is 12.5. The zero-order valence-corrected chi connectivity index (χ0v) is 14.6. The van der Waals surface area contributed by atoms with Crippen LogP contribution in [-0.4, -0.2) is 35.7 Å². The number of aromatic nitrogens is 1. The van der Waals surface area contributed by atoms with Gasteiger partial charge in [-0.2, -0.15) is 13.2 Å². The number of hydrogen-bond acceptors (Lipinski definition) is 5. The highest BCUT2D eigenvalue weighted by Crippen LogP contribution is 2.33. The van der Waals surface area contributed by atoms with E-state index in [2.05, 4.69) is 9.98 Å². The molecule has 0 aliphatic heterocycles. The van der Waals surface area contributed by atoms with E-state index in [0.29, 0.717) is 28.6 Å². The molecule has 0 saturated heterocycles. The molecule has 1 aromatic heterocycles. The molecule has 2 rings (SSSR count). The van der Waals surface area contributed by atoms with E-state index in [0.717, 1.165) is 12.3 Å². The number of phenolic OH excluding ortho intramolecular Hbond substituents is 1. The lowest BCUT2D eigenvalue weighted by atomic mass is 10.2. The lowest BCUT2D eigenvalue weighted by Crippen LogP contribution is -2.05. The van der Waals surface area contributed by atoms with Gasteiger partial charge >= 0.3 is 6.18 Å². The number of alkyl halides is 3. The molecule has 1 N–H and O–H groups in total. The van der Waals surface area contributed by atoms with Crippen LogP contribution >= 0.6 is 23.4 Å². The maximum absolute atomic E-state index is 12.5. The number of methoxy groups -OCH3 is 1. The number of hydrogen-bond donors (Lipinski definition) is 1. The quantitative estimate of drug-likeness (QED) is 0.442. The van der Waals surface area contributed by atoms with Crippen molar-refractivity contribution in [3.05, 3.63) is 46.6 Å². The van der Waals surface area contributed by atoms with Crippen LogP contribution in [0.2, 0.25) is 5.02 Å². The number of phenols is 1. The van der Waals surface area contributed by atoms with Gasteiger partial charge in [-0.05, 0) is 18.2 Å². The third-order valence-corrected chi connectivity index (χ3v) is 4.46. The SMILES string of the molecule is COc1cccc(C=NCCSc2ncc(C(F)(F)F)cc2Cl)c1O. The normalized spacial score (nSPS) is 11.9. The predicted octanol–water partition coefficient (Wildman–Crippen LogP) is 4.68. The van der Waals surface area contributed by atoms with E-state index in [1.54, 1.807) is 18.2 Å². The smallest absolute Gasteiger partial charge is 0.417 e. The van der Waals surface area contributed by atoms with E-state index in [-0.39, 0.29) is 10.8 Å². The summed E-state index contributed by atoms with van der Waals surface area (Å²) in [5.41, 5.74) is -0.372. The average molecular weight is 391 g/mol. The number of benzene rings is 1. The van der Waals surface area contributed by atoms with Crippen molar-refractivity contribution < 1.29 is 23.0 Å². The van der Waals surface area contributed by atoms with Crippen LogP contribution in [0.25, 0.3) is 0 Å². The minimum absolute atomic E-state index is 0.00569. The second-order valence-corrected chi connectivity index (χ2v) is 6.28. The van der Waals surface area contributed by atoms with Crippen LogP contribution in [0.15, 0.2) is 40.5 Å². The molecule has 134 valence electrons. The van der Waals surface area contributed by atoms with E-state index >= 15 is 0 Å². The zero-order valence-electron chi connectivity index (χ0n) is 13.0. The summed E-state index contributed by atoms with van der Waals surface area (Å²) < 4.78 is 42.6. The Labute approximate surface area is 151 Å². The first-order valence-electron chi connectivity index (χ1n) is 7.04. The number of pyridine rings is 1. The van der Waals surface area contributed by atoms with Gasteiger partial charge in [-0.15, -0.1) is 11.8 Å². The van der Waals surface area contributed by atoms with Crippen LogP contribution in [0.1, 0.15) is 11.1 Å². The Morgan fingerprint density at radius 2 is 2.16 bits per heavy atom. The summed E-state index contributed by atoms with van der Waals surface area (Å²) >= 11 is 7.03.